The summed E-state index contributed by atoms with van der Waals surface area (Å²) < 4.78 is 1.64. The molecule has 22 heavy (non-hydrogen) atoms. The number of carbonyl (C=O) groups excluding carboxylic acids is 1. The van der Waals surface area contributed by atoms with Crippen molar-refractivity contribution in [3.05, 3.63) is 36.5 Å². The summed E-state index contributed by atoms with van der Waals surface area (Å²) in [4.78, 5) is 15.8. The lowest BCUT2D eigenvalue weighted by molar-refractivity contribution is -0.118. The van der Waals surface area contributed by atoms with Gasteiger partial charge < -0.3 is 5.32 Å². The van der Waals surface area contributed by atoms with Crippen molar-refractivity contribution in [1.29, 1.82) is 0 Å². The molecule has 8 heteroatoms. The third-order valence-electron chi connectivity index (χ3n) is 2.86. The minimum atomic E-state index is -0.0110. The Kier molecular flexibility index (Phi) is 4.29. The number of pyridine rings is 1. The van der Waals surface area contributed by atoms with Crippen LogP contribution in [0.4, 0.5) is 0 Å². The highest BCUT2D eigenvalue weighted by molar-refractivity contribution is 7.99. The van der Waals surface area contributed by atoms with Crippen LogP contribution >= 0.6 is 11.8 Å². The van der Waals surface area contributed by atoms with Gasteiger partial charge in [-0.2, -0.15) is 9.61 Å². The molecule has 112 valence electrons. The molecule has 0 spiro atoms. The summed E-state index contributed by atoms with van der Waals surface area (Å²) in [5.74, 6) is 0.895. The zero-order valence-electron chi connectivity index (χ0n) is 11.9. The number of carbonyl (C=O) groups is 1. The fourth-order valence-electron chi connectivity index (χ4n) is 1.89. The number of hydrogen-bond donors (Lipinski definition) is 1. The van der Waals surface area contributed by atoms with Crippen molar-refractivity contribution in [2.75, 3.05) is 12.3 Å². The molecule has 3 rings (SSSR count). The Balaban J connectivity index is 1.87. The van der Waals surface area contributed by atoms with Crippen LogP contribution in [-0.4, -0.2) is 43.0 Å². The SMILES string of the molecule is CCNC(=O)CSc1ccc2nnc(-c3ccccn3)n2n1. The zero-order chi connectivity index (χ0) is 15.4. The molecule has 0 aliphatic carbocycles. The lowest BCUT2D eigenvalue weighted by Crippen LogP contribution is -2.24. The summed E-state index contributed by atoms with van der Waals surface area (Å²) in [6.07, 6.45) is 1.70. The van der Waals surface area contributed by atoms with Crippen LogP contribution in [0.15, 0.2) is 41.6 Å². The van der Waals surface area contributed by atoms with Gasteiger partial charge in [-0.1, -0.05) is 17.8 Å². The summed E-state index contributed by atoms with van der Waals surface area (Å²) in [7, 11) is 0. The van der Waals surface area contributed by atoms with Gasteiger partial charge in [0.1, 0.15) is 10.7 Å². The second-order valence-electron chi connectivity index (χ2n) is 4.42. The number of nitrogens with one attached hydrogen (secondary N) is 1. The van der Waals surface area contributed by atoms with Crippen molar-refractivity contribution in [2.24, 2.45) is 0 Å². The van der Waals surface area contributed by atoms with Crippen molar-refractivity contribution in [3.8, 4) is 11.5 Å². The van der Waals surface area contributed by atoms with E-state index in [1.165, 1.54) is 11.8 Å². The van der Waals surface area contributed by atoms with Crippen LogP contribution < -0.4 is 5.32 Å². The predicted octanol–water partition coefficient (Wildman–Crippen LogP) is 1.41. The quantitative estimate of drug-likeness (QED) is 0.717. The summed E-state index contributed by atoms with van der Waals surface area (Å²) in [6.45, 7) is 2.52. The summed E-state index contributed by atoms with van der Waals surface area (Å²) in [6, 6.07) is 9.24. The normalized spacial score (nSPS) is 10.8. The van der Waals surface area contributed by atoms with Crippen LogP contribution in [-0.2, 0) is 4.79 Å². The van der Waals surface area contributed by atoms with Gasteiger partial charge in [-0.3, -0.25) is 9.78 Å². The van der Waals surface area contributed by atoms with E-state index in [4.69, 9.17) is 0 Å². The topological polar surface area (TPSA) is 85.1 Å². The zero-order valence-corrected chi connectivity index (χ0v) is 12.7. The Morgan fingerprint density at radius 2 is 2.18 bits per heavy atom. The van der Waals surface area contributed by atoms with Gasteiger partial charge >= 0.3 is 0 Å². The van der Waals surface area contributed by atoms with Crippen LogP contribution in [0, 0.1) is 0 Å². The smallest absolute Gasteiger partial charge is 0.230 e. The van der Waals surface area contributed by atoms with E-state index in [-0.39, 0.29) is 5.91 Å². The molecular formula is C14H14N6OS. The van der Waals surface area contributed by atoms with Crippen LogP contribution in [0.3, 0.4) is 0 Å². The number of rotatable bonds is 5. The van der Waals surface area contributed by atoms with Crippen molar-refractivity contribution >= 4 is 23.3 Å². The Morgan fingerprint density at radius 3 is 2.95 bits per heavy atom. The van der Waals surface area contributed by atoms with Gasteiger partial charge in [0.2, 0.25) is 11.7 Å². The molecule has 3 aromatic rings. The first-order chi connectivity index (χ1) is 10.8. The summed E-state index contributed by atoms with van der Waals surface area (Å²) in [5, 5.41) is 16.2. The van der Waals surface area contributed by atoms with Gasteiger partial charge in [0.15, 0.2) is 5.65 Å². The Morgan fingerprint density at radius 1 is 1.27 bits per heavy atom. The highest BCUT2D eigenvalue weighted by Gasteiger charge is 2.11. The molecule has 0 aliphatic rings. The number of hydrogen-bond acceptors (Lipinski definition) is 6. The third kappa shape index (κ3) is 3.06. The fraction of sp³-hybridized carbons (Fsp3) is 0.214. The molecule has 0 atom stereocenters. The maximum Gasteiger partial charge on any atom is 0.230 e. The molecule has 1 amide bonds. The van der Waals surface area contributed by atoms with Crippen LogP contribution in [0.25, 0.3) is 17.2 Å². The highest BCUT2D eigenvalue weighted by Crippen LogP contribution is 2.19. The average molecular weight is 314 g/mol. The Bertz CT molecular complexity index is 788. The predicted molar refractivity (Wildman–Crippen MR) is 83.4 cm³/mol. The van der Waals surface area contributed by atoms with Gasteiger partial charge in [-0.05, 0) is 31.2 Å². The van der Waals surface area contributed by atoms with Gasteiger partial charge in [0.25, 0.3) is 0 Å². The van der Waals surface area contributed by atoms with Crippen molar-refractivity contribution < 1.29 is 4.79 Å². The molecule has 0 radical (unpaired) electrons. The molecule has 3 heterocycles. The summed E-state index contributed by atoms with van der Waals surface area (Å²) in [5.41, 5.74) is 1.34. The van der Waals surface area contributed by atoms with Crippen molar-refractivity contribution in [1.82, 2.24) is 30.1 Å². The number of aromatic nitrogens is 5. The first kappa shape index (κ1) is 14.5. The molecule has 3 aromatic heterocycles. The number of nitrogens with zero attached hydrogens (tertiary/aromatic N) is 5. The summed E-state index contributed by atoms with van der Waals surface area (Å²) >= 11 is 1.37. The van der Waals surface area contributed by atoms with E-state index >= 15 is 0 Å². The van der Waals surface area contributed by atoms with Gasteiger partial charge in [-0.15, -0.1) is 10.2 Å². The van der Waals surface area contributed by atoms with Crippen LogP contribution in [0.2, 0.25) is 0 Å². The molecule has 0 aromatic carbocycles. The lowest BCUT2D eigenvalue weighted by atomic mass is 10.3. The lowest BCUT2D eigenvalue weighted by Gasteiger charge is -2.03. The van der Waals surface area contributed by atoms with Gasteiger partial charge in [0, 0.05) is 12.7 Å². The third-order valence-corrected chi connectivity index (χ3v) is 3.78. The molecular weight excluding hydrogens is 300 g/mol. The van der Waals surface area contributed by atoms with E-state index in [0.717, 1.165) is 5.03 Å². The van der Waals surface area contributed by atoms with Crippen LogP contribution in [0.1, 0.15) is 6.92 Å². The molecule has 0 fully saturated rings. The molecule has 0 saturated heterocycles. The van der Waals surface area contributed by atoms with E-state index in [1.54, 1.807) is 10.7 Å². The molecule has 0 aliphatic heterocycles. The Hall–Kier alpha value is -2.48. The molecule has 0 unspecified atom stereocenters. The molecule has 0 bridgehead atoms. The maximum atomic E-state index is 11.5. The largest absolute Gasteiger partial charge is 0.356 e. The number of fused-ring (bicyclic) bond motifs is 1. The van der Waals surface area contributed by atoms with E-state index < -0.39 is 0 Å². The minimum Gasteiger partial charge on any atom is -0.356 e. The maximum absolute atomic E-state index is 11.5. The second kappa shape index (κ2) is 6.52. The molecule has 0 saturated carbocycles. The van der Waals surface area contributed by atoms with Crippen molar-refractivity contribution in [2.45, 2.75) is 11.9 Å². The molecule has 1 N–H and O–H groups in total. The van der Waals surface area contributed by atoms with E-state index in [1.807, 2.05) is 37.3 Å². The van der Waals surface area contributed by atoms with E-state index in [2.05, 4.69) is 25.6 Å². The minimum absolute atomic E-state index is 0.0110. The highest BCUT2D eigenvalue weighted by atomic mass is 32.2. The van der Waals surface area contributed by atoms with E-state index in [0.29, 0.717) is 29.5 Å². The van der Waals surface area contributed by atoms with E-state index in [9.17, 15) is 4.79 Å². The monoisotopic (exact) mass is 314 g/mol. The first-order valence-electron chi connectivity index (χ1n) is 6.81. The van der Waals surface area contributed by atoms with Gasteiger partial charge in [-0.25, -0.2) is 0 Å². The number of amides is 1. The van der Waals surface area contributed by atoms with Crippen LogP contribution in [0.5, 0.6) is 0 Å². The fourth-order valence-corrected chi connectivity index (χ4v) is 2.58. The first-order valence-corrected chi connectivity index (χ1v) is 7.80. The standard InChI is InChI=1S/C14H14N6OS/c1-2-15-12(21)9-22-13-7-6-11-17-18-14(20(11)19-13)10-5-3-4-8-16-10/h3-8H,2,9H2,1H3,(H,15,21). The second-order valence-corrected chi connectivity index (χ2v) is 5.42. The van der Waals surface area contributed by atoms with Gasteiger partial charge in [0.05, 0.1) is 5.75 Å². The van der Waals surface area contributed by atoms with Crippen molar-refractivity contribution in [3.63, 3.8) is 0 Å². The average Bonchev–Trinajstić information content (AvgIpc) is 2.97. The number of thioether (sulfide) groups is 1. The Labute approximate surface area is 131 Å². The molecule has 7 nitrogen and oxygen atoms in total.